The van der Waals surface area contributed by atoms with Gasteiger partial charge in [0.1, 0.15) is 36.3 Å². The van der Waals surface area contributed by atoms with Crippen molar-refractivity contribution >= 4 is 39.9 Å². The van der Waals surface area contributed by atoms with Crippen molar-refractivity contribution in [2.45, 2.75) is 97.9 Å². The molecule has 2 aliphatic rings. The molecule has 6 atom stereocenters. The fourth-order valence-electron chi connectivity index (χ4n) is 8.79. The zero-order chi connectivity index (χ0) is 44.4. The number of carbonyl (C=O) groups excluding carboxylic acids is 3. The van der Waals surface area contributed by atoms with E-state index in [9.17, 15) is 19.5 Å². The molecule has 2 aliphatic heterocycles. The summed E-state index contributed by atoms with van der Waals surface area (Å²) in [7, 11) is 4.26. The molecule has 332 valence electrons. The number of ether oxygens (including phenoxy) is 4. The number of hydrogen-bond acceptors (Lipinski definition) is 11. The fourth-order valence-corrected chi connectivity index (χ4v) is 8.79. The maximum absolute atomic E-state index is 14.1. The Morgan fingerprint density at radius 3 is 2.42 bits per heavy atom. The van der Waals surface area contributed by atoms with E-state index in [1.54, 1.807) is 13.3 Å². The van der Waals surface area contributed by atoms with Gasteiger partial charge in [0.15, 0.2) is 0 Å². The number of aliphatic hydroxyl groups is 1. The van der Waals surface area contributed by atoms with Crippen molar-refractivity contribution in [1.82, 2.24) is 40.4 Å². The van der Waals surface area contributed by atoms with Crippen molar-refractivity contribution < 1.29 is 38.4 Å². The highest BCUT2D eigenvalue weighted by Gasteiger charge is 2.42. The third kappa shape index (κ3) is 8.94. The predicted octanol–water partition coefficient (Wildman–Crippen LogP) is 6.88. The van der Waals surface area contributed by atoms with Crippen LogP contribution < -0.4 is 15.4 Å². The first kappa shape index (κ1) is 44.3. The van der Waals surface area contributed by atoms with E-state index in [4.69, 9.17) is 28.9 Å². The molecule has 0 bridgehead atoms. The maximum atomic E-state index is 14.1. The Morgan fingerprint density at radius 2 is 1.73 bits per heavy atom. The summed E-state index contributed by atoms with van der Waals surface area (Å²) in [4.78, 5) is 59.0. The molecule has 4 heterocycles. The number of amides is 3. The van der Waals surface area contributed by atoms with Gasteiger partial charge in [0, 0.05) is 36.6 Å². The second kappa shape index (κ2) is 18.7. The highest BCUT2D eigenvalue weighted by molar-refractivity contribution is 6.07. The number of carbonyl (C=O) groups is 3. The number of rotatable bonds is 15. The number of H-pyrrole nitrogens is 2. The normalized spacial score (nSPS) is 18.0. The van der Waals surface area contributed by atoms with Crippen LogP contribution in [0.1, 0.15) is 77.6 Å². The Balaban J connectivity index is 1.14. The number of aromatic amines is 2. The Hall–Kier alpha value is -5.71. The highest BCUT2D eigenvalue weighted by atomic mass is 16.5. The summed E-state index contributed by atoms with van der Waals surface area (Å²) in [6.45, 7) is 13.5. The average Bonchev–Trinajstić information content (AvgIpc) is 4.04. The van der Waals surface area contributed by atoms with Crippen LogP contribution in [0.5, 0.6) is 5.75 Å². The van der Waals surface area contributed by atoms with Crippen molar-refractivity contribution in [2.75, 3.05) is 34.5 Å². The summed E-state index contributed by atoms with van der Waals surface area (Å²) in [5.41, 5.74) is 6.53. The third-order valence-corrected chi connectivity index (χ3v) is 12.4. The number of aromatic nitrogens is 4. The fraction of sp³-hybridized carbons (Fsp3) is 0.500. The number of imidazole rings is 2. The lowest BCUT2D eigenvalue weighted by molar-refractivity contribution is -0.135. The van der Waals surface area contributed by atoms with Gasteiger partial charge in [-0.15, -0.1) is 0 Å². The standard InChI is InChI=1S/C46H60N8O8/c1-10-26(6)53(43(55)39(24(2)3)51-45(57)60-8)21-38-47-19-35(48-38)29-11-13-31-30(16-29)23-62-37-18-32-28(17-33(31)37)12-14-34-41(32)50-42(49-34)36-15-27(22-59-7)20-54(36)44(56)40(25(4)5)52-46(58)61-9/h11-14,16-19,24-27,36,39-40,43,55H,10,15,20-23H2,1-9H3,(H,47,48)(H,49,50)(H,51,57)(H,52,58)/t26-,27-,36-,39-,40-,43?/m0/s1. The Kier molecular flexibility index (Phi) is 13.4. The Morgan fingerprint density at radius 1 is 0.968 bits per heavy atom. The van der Waals surface area contributed by atoms with Gasteiger partial charge >= 0.3 is 12.2 Å². The van der Waals surface area contributed by atoms with Gasteiger partial charge < -0.3 is 49.6 Å². The van der Waals surface area contributed by atoms with Crippen LogP contribution in [-0.2, 0) is 32.2 Å². The molecule has 5 aromatic rings. The monoisotopic (exact) mass is 852 g/mol. The van der Waals surface area contributed by atoms with Crippen LogP contribution in [0.15, 0.2) is 48.7 Å². The molecule has 0 saturated carbocycles. The van der Waals surface area contributed by atoms with Crippen molar-refractivity contribution in [3.05, 3.63) is 65.9 Å². The number of fused-ring (bicyclic) bond motifs is 6. The van der Waals surface area contributed by atoms with Crippen LogP contribution in [0, 0.1) is 17.8 Å². The molecule has 62 heavy (non-hydrogen) atoms. The Labute approximate surface area is 362 Å². The summed E-state index contributed by atoms with van der Waals surface area (Å²) >= 11 is 0. The molecule has 2 aromatic heterocycles. The highest BCUT2D eigenvalue weighted by Crippen LogP contribution is 2.43. The topological polar surface area (TPSA) is 196 Å². The minimum absolute atomic E-state index is 0.00508. The van der Waals surface area contributed by atoms with E-state index in [1.807, 2.05) is 50.5 Å². The van der Waals surface area contributed by atoms with E-state index in [0.29, 0.717) is 44.4 Å². The van der Waals surface area contributed by atoms with Crippen LogP contribution >= 0.6 is 0 Å². The zero-order valence-electron chi connectivity index (χ0n) is 37.1. The van der Waals surface area contributed by atoms with Gasteiger partial charge in [-0.3, -0.25) is 9.69 Å². The first-order valence-electron chi connectivity index (χ1n) is 21.4. The first-order chi connectivity index (χ1) is 29.7. The molecule has 1 unspecified atom stereocenters. The van der Waals surface area contributed by atoms with E-state index in [1.165, 1.54) is 14.2 Å². The van der Waals surface area contributed by atoms with Gasteiger partial charge in [0.25, 0.3) is 0 Å². The number of methoxy groups -OCH3 is 3. The molecule has 0 spiro atoms. The molecule has 3 amide bonds. The summed E-state index contributed by atoms with van der Waals surface area (Å²) in [6.07, 6.45) is 1.05. The van der Waals surface area contributed by atoms with E-state index < -0.39 is 30.5 Å². The van der Waals surface area contributed by atoms with Crippen LogP contribution in [0.2, 0.25) is 0 Å². The van der Waals surface area contributed by atoms with Gasteiger partial charge in [-0.05, 0) is 77.9 Å². The van der Waals surface area contributed by atoms with Crippen molar-refractivity contribution in [1.29, 1.82) is 0 Å². The summed E-state index contributed by atoms with van der Waals surface area (Å²) in [5, 5.41) is 19.0. The van der Waals surface area contributed by atoms with Gasteiger partial charge in [0.2, 0.25) is 5.91 Å². The number of hydrogen-bond donors (Lipinski definition) is 5. The zero-order valence-corrected chi connectivity index (χ0v) is 37.1. The molecule has 7 rings (SSSR count). The van der Waals surface area contributed by atoms with Crippen molar-refractivity contribution in [3.8, 4) is 28.1 Å². The van der Waals surface area contributed by atoms with Crippen LogP contribution in [0.25, 0.3) is 44.2 Å². The lowest BCUT2D eigenvalue weighted by atomic mass is 9.92. The third-order valence-electron chi connectivity index (χ3n) is 12.4. The Bertz CT molecular complexity index is 2410. The van der Waals surface area contributed by atoms with Crippen molar-refractivity contribution in [3.63, 3.8) is 0 Å². The lowest BCUT2D eigenvalue weighted by Crippen LogP contribution is -2.56. The maximum Gasteiger partial charge on any atom is 0.407 e. The number of benzene rings is 3. The molecule has 1 saturated heterocycles. The average molecular weight is 853 g/mol. The number of alkyl carbamates (subject to hydrolysis) is 2. The van der Waals surface area contributed by atoms with Crippen LogP contribution in [-0.4, -0.2) is 112 Å². The van der Waals surface area contributed by atoms with E-state index in [0.717, 1.165) is 61.9 Å². The summed E-state index contributed by atoms with van der Waals surface area (Å²) in [5.74, 6) is 1.83. The molecule has 0 radical (unpaired) electrons. The molecule has 16 nitrogen and oxygen atoms in total. The number of likely N-dealkylation sites (tertiary alicyclic amines) is 1. The van der Waals surface area contributed by atoms with E-state index in [2.05, 4.69) is 63.9 Å². The minimum atomic E-state index is -0.969. The van der Waals surface area contributed by atoms with Crippen LogP contribution in [0.4, 0.5) is 9.59 Å². The minimum Gasteiger partial charge on any atom is -0.488 e. The summed E-state index contributed by atoms with van der Waals surface area (Å²) in [6, 6.07) is 13.0. The molecule has 3 aromatic carbocycles. The predicted molar refractivity (Wildman–Crippen MR) is 235 cm³/mol. The molecule has 1 fully saturated rings. The number of nitrogens with zero attached hydrogens (tertiary/aromatic N) is 4. The first-order valence-corrected chi connectivity index (χ1v) is 21.4. The van der Waals surface area contributed by atoms with Gasteiger partial charge in [-0.1, -0.05) is 52.8 Å². The second-order valence-electron chi connectivity index (χ2n) is 17.2. The smallest absolute Gasteiger partial charge is 0.407 e. The number of nitrogens with one attached hydrogen (secondary N) is 4. The van der Waals surface area contributed by atoms with Crippen molar-refractivity contribution in [2.24, 2.45) is 17.8 Å². The molecule has 5 N–H and O–H groups in total. The van der Waals surface area contributed by atoms with Gasteiger partial charge in [-0.2, -0.15) is 0 Å². The lowest BCUT2D eigenvalue weighted by Gasteiger charge is -2.38. The molecular formula is C46H60N8O8. The molecular weight excluding hydrogens is 793 g/mol. The SMILES string of the molecule is CC[C@H](C)N(Cc1ncc(-c2ccc3c(c2)COc2cc4c(ccc5[nH]c([C@@H]6C[C@H](COC)CN6C(=O)[C@@H](NC(=O)OC)C(C)C)nc54)cc2-3)[nH]1)C(O)[C@@H](NC(=O)OC)C(C)C. The van der Waals surface area contributed by atoms with Gasteiger partial charge in [-0.25, -0.2) is 19.6 Å². The van der Waals surface area contributed by atoms with E-state index >= 15 is 0 Å². The second-order valence-corrected chi connectivity index (χ2v) is 17.2. The van der Waals surface area contributed by atoms with Crippen LogP contribution in [0.3, 0.4) is 0 Å². The molecule has 16 heteroatoms. The summed E-state index contributed by atoms with van der Waals surface area (Å²) < 4.78 is 21.6. The quantitative estimate of drug-likeness (QED) is 0.0689. The molecule has 0 aliphatic carbocycles. The number of aliphatic hydroxyl groups excluding tert-OH is 1. The largest absolute Gasteiger partial charge is 0.488 e. The van der Waals surface area contributed by atoms with E-state index in [-0.39, 0.29) is 35.7 Å². The van der Waals surface area contributed by atoms with Gasteiger partial charge in [0.05, 0.1) is 62.4 Å².